The number of hydrogen-bond acceptors (Lipinski definition) is 2. The van der Waals surface area contributed by atoms with Gasteiger partial charge in [-0.15, -0.1) is 0 Å². The van der Waals surface area contributed by atoms with Gasteiger partial charge in [0, 0.05) is 30.2 Å². The predicted molar refractivity (Wildman–Crippen MR) is 83.5 cm³/mol. The molecule has 2 rings (SSSR count). The second kappa shape index (κ2) is 6.57. The Morgan fingerprint density at radius 3 is 2.95 bits per heavy atom. The van der Waals surface area contributed by atoms with Crippen LogP contribution in [0.15, 0.2) is 30.5 Å². The van der Waals surface area contributed by atoms with Gasteiger partial charge in [0.2, 0.25) is 0 Å². The van der Waals surface area contributed by atoms with Crippen molar-refractivity contribution in [1.29, 1.82) is 0 Å². The normalized spacial score (nSPS) is 10.6. The molecule has 20 heavy (non-hydrogen) atoms. The molecule has 106 valence electrons. The van der Waals surface area contributed by atoms with E-state index in [1.165, 1.54) is 0 Å². The summed E-state index contributed by atoms with van der Waals surface area (Å²) in [6, 6.07) is 7.20. The first-order valence-corrected chi connectivity index (χ1v) is 7.07. The standard InChI is InChI=1S/C15H18ClN3O/c1-3-4-8-18-15(20)19(2)14-7-9-17-13-10-11(16)5-6-12(13)14/h5-7,9-10H,3-4,8H2,1-2H3,(H,18,20). The summed E-state index contributed by atoms with van der Waals surface area (Å²) >= 11 is 5.96. The van der Waals surface area contributed by atoms with Gasteiger partial charge in [0.25, 0.3) is 0 Å². The van der Waals surface area contributed by atoms with Gasteiger partial charge in [-0.3, -0.25) is 9.88 Å². The van der Waals surface area contributed by atoms with Crippen molar-refractivity contribution in [3.8, 4) is 0 Å². The fourth-order valence-corrected chi connectivity index (χ4v) is 2.17. The van der Waals surface area contributed by atoms with Crippen LogP contribution < -0.4 is 10.2 Å². The number of unbranched alkanes of at least 4 members (excludes halogenated alkanes) is 1. The van der Waals surface area contributed by atoms with Crippen LogP contribution in [0.3, 0.4) is 0 Å². The minimum Gasteiger partial charge on any atom is -0.338 e. The molecule has 0 atom stereocenters. The van der Waals surface area contributed by atoms with Crippen LogP contribution in [-0.2, 0) is 0 Å². The summed E-state index contributed by atoms with van der Waals surface area (Å²) in [5.74, 6) is 0. The van der Waals surface area contributed by atoms with Crippen molar-refractivity contribution in [1.82, 2.24) is 10.3 Å². The first-order valence-electron chi connectivity index (χ1n) is 6.69. The molecular formula is C15H18ClN3O. The summed E-state index contributed by atoms with van der Waals surface area (Å²) in [5.41, 5.74) is 1.60. The molecule has 0 aliphatic rings. The highest BCUT2D eigenvalue weighted by atomic mass is 35.5. The van der Waals surface area contributed by atoms with Gasteiger partial charge in [-0.05, 0) is 30.7 Å². The first-order chi connectivity index (χ1) is 9.63. The van der Waals surface area contributed by atoms with Crippen LogP contribution in [0.2, 0.25) is 5.02 Å². The smallest absolute Gasteiger partial charge is 0.321 e. The highest BCUT2D eigenvalue weighted by Crippen LogP contribution is 2.26. The van der Waals surface area contributed by atoms with E-state index >= 15 is 0 Å². The van der Waals surface area contributed by atoms with Gasteiger partial charge in [0.1, 0.15) is 0 Å². The Kier molecular flexibility index (Phi) is 4.79. The molecule has 1 aromatic heterocycles. The molecule has 2 amide bonds. The fraction of sp³-hybridized carbons (Fsp3) is 0.333. The van der Waals surface area contributed by atoms with E-state index in [2.05, 4.69) is 17.2 Å². The largest absolute Gasteiger partial charge is 0.338 e. The van der Waals surface area contributed by atoms with E-state index < -0.39 is 0 Å². The lowest BCUT2D eigenvalue weighted by atomic mass is 10.2. The number of carbonyl (C=O) groups excluding carboxylic acids is 1. The van der Waals surface area contributed by atoms with Crippen molar-refractivity contribution in [3.63, 3.8) is 0 Å². The fourth-order valence-electron chi connectivity index (χ4n) is 2.00. The molecule has 1 heterocycles. The van der Waals surface area contributed by atoms with E-state index in [1.807, 2.05) is 12.1 Å². The van der Waals surface area contributed by atoms with Crippen LogP contribution in [-0.4, -0.2) is 24.6 Å². The van der Waals surface area contributed by atoms with Gasteiger partial charge < -0.3 is 5.32 Å². The number of aromatic nitrogens is 1. The predicted octanol–water partition coefficient (Wildman–Crippen LogP) is 3.83. The maximum atomic E-state index is 12.1. The molecule has 1 N–H and O–H groups in total. The SMILES string of the molecule is CCCCNC(=O)N(C)c1ccnc2cc(Cl)ccc12. The number of nitrogens with zero attached hydrogens (tertiary/aromatic N) is 2. The Morgan fingerprint density at radius 2 is 2.20 bits per heavy atom. The van der Waals surface area contributed by atoms with Gasteiger partial charge in [0.15, 0.2) is 0 Å². The van der Waals surface area contributed by atoms with Crippen LogP contribution in [0.4, 0.5) is 10.5 Å². The highest BCUT2D eigenvalue weighted by Gasteiger charge is 2.13. The quantitative estimate of drug-likeness (QED) is 0.870. The number of hydrogen-bond donors (Lipinski definition) is 1. The lowest BCUT2D eigenvalue weighted by molar-refractivity contribution is 0.247. The average Bonchev–Trinajstić information content (AvgIpc) is 2.45. The zero-order valence-corrected chi connectivity index (χ0v) is 12.4. The van der Waals surface area contributed by atoms with E-state index in [1.54, 1.807) is 30.3 Å². The Morgan fingerprint density at radius 1 is 1.40 bits per heavy atom. The number of nitrogens with one attached hydrogen (secondary N) is 1. The van der Waals surface area contributed by atoms with Gasteiger partial charge in [0.05, 0.1) is 11.2 Å². The molecule has 1 aromatic carbocycles. The Labute approximate surface area is 123 Å². The van der Waals surface area contributed by atoms with E-state index in [4.69, 9.17) is 11.6 Å². The maximum absolute atomic E-state index is 12.1. The number of pyridine rings is 1. The molecular weight excluding hydrogens is 274 g/mol. The molecule has 0 radical (unpaired) electrons. The summed E-state index contributed by atoms with van der Waals surface area (Å²) in [6.07, 6.45) is 3.72. The topological polar surface area (TPSA) is 45.2 Å². The van der Waals surface area contributed by atoms with Crippen LogP contribution in [0.1, 0.15) is 19.8 Å². The van der Waals surface area contributed by atoms with Crippen LogP contribution in [0.25, 0.3) is 10.9 Å². The van der Waals surface area contributed by atoms with Crippen molar-refractivity contribution in [2.75, 3.05) is 18.5 Å². The first kappa shape index (κ1) is 14.6. The summed E-state index contributed by atoms with van der Waals surface area (Å²) in [7, 11) is 1.75. The third kappa shape index (κ3) is 3.20. The monoisotopic (exact) mass is 291 g/mol. The molecule has 0 spiro atoms. The zero-order chi connectivity index (χ0) is 14.5. The minimum absolute atomic E-state index is 0.110. The van der Waals surface area contributed by atoms with Crippen LogP contribution in [0.5, 0.6) is 0 Å². The van der Waals surface area contributed by atoms with E-state index in [-0.39, 0.29) is 6.03 Å². The number of carbonyl (C=O) groups is 1. The molecule has 0 unspecified atom stereocenters. The number of urea groups is 1. The molecule has 0 aliphatic carbocycles. The van der Waals surface area contributed by atoms with E-state index in [0.717, 1.165) is 29.4 Å². The summed E-state index contributed by atoms with van der Waals surface area (Å²) in [6.45, 7) is 2.78. The summed E-state index contributed by atoms with van der Waals surface area (Å²) < 4.78 is 0. The number of fused-ring (bicyclic) bond motifs is 1. The van der Waals surface area contributed by atoms with Gasteiger partial charge in [-0.2, -0.15) is 0 Å². The molecule has 0 fully saturated rings. The van der Waals surface area contributed by atoms with Crippen molar-refractivity contribution in [2.24, 2.45) is 0 Å². The zero-order valence-electron chi connectivity index (χ0n) is 11.7. The summed E-state index contributed by atoms with van der Waals surface area (Å²) in [5, 5.41) is 4.44. The Balaban J connectivity index is 2.25. The van der Waals surface area contributed by atoms with Gasteiger partial charge in [-0.1, -0.05) is 24.9 Å². The molecule has 0 saturated heterocycles. The molecule has 5 heteroatoms. The van der Waals surface area contributed by atoms with Crippen LogP contribution >= 0.6 is 11.6 Å². The second-order valence-electron chi connectivity index (χ2n) is 4.64. The summed E-state index contributed by atoms with van der Waals surface area (Å²) in [4.78, 5) is 18.0. The van der Waals surface area contributed by atoms with E-state index in [9.17, 15) is 4.79 Å². The van der Waals surface area contributed by atoms with Gasteiger partial charge >= 0.3 is 6.03 Å². The Hall–Kier alpha value is -1.81. The number of halogens is 1. The van der Waals surface area contributed by atoms with Crippen molar-refractivity contribution in [3.05, 3.63) is 35.5 Å². The number of benzene rings is 1. The lowest BCUT2D eigenvalue weighted by Crippen LogP contribution is -2.37. The second-order valence-corrected chi connectivity index (χ2v) is 5.07. The Bertz CT molecular complexity index is 615. The van der Waals surface area contributed by atoms with Gasteiger partial charge in [-0.25, -0.2) is 4.79 Å². The number of rotatable bonds is 4. The molecule has 2 aromatic rings. The van der Waals surface area contributed by atoms with Crippen molar-refractivity contribution < 1.29 is 4.79 Å². The lowest BCUT2D eigenvalue weighted by Gasteiger charge is -2.19. The van der Waals surface area contributed by atoms with E-state index in [0.29, 0.717) is 11.6 Å². The molecule has 0 bridgehead atoms. The molecule has 4 nitrogen and oxygen atoms in total. The number of amides is 2. The highest BCUT2D eigenvalue weighted by molar-refractivity contribution is 6.31. The minimum atomic E-state index is -0.110. The van der Waals surface area contributed by atoms with Crippen molar-refractivity contribution >= 4 is 34.2 Å². The van der Waals surface area contributed by atoms with Crippen molar-refractivity contribution in [2.45, 2.75) is 19.8 Å². The third-order valence-electron chi connectivity index (χ3n) is 3.15. The molecule has 0 saturated carbocycles. The number of anilines is 1. The van der Waals surface area contributed by atoms with Crippen LogP contribution in [0, 0.1) is 0 Å². The molecule has 0 aliphatic heterocycles. The average molecular weight is 292 g/mol. The third-order valence-corrected chi connectivity index (χ3v) is 3.39. The maximum Gasteiger partial charge on any atom is 0.321 e.